The number of amides is 18. The van der Waals surface area contributed by atoms with Crippen LogP contribution in [-0.2, 0) is 99.4 Å². The molecule has 12 aliphatic rings. The molecule has 13 heterocycles. The van der Waals surface area contributed by atoms with Gasteiger partial charge in [-0.1, -0.05) is 129 Å². The summed E-state index contributed by atoms with van der Waals surface area (Å²) < 4.78 is 0. The minimum absolute atomic E-state index is 0.0787. The first-order chi connectivity index (χ1) is 67.3. The smallest absolute Gasteiger partial charge is 0.278 e. The Labute approximate surface area is 818 Å². The molecule has 1 aromatic heterocycles. The summed E-state index contributed by atoms with van der Waals surface area (Å²) in [7, 11) is 0. The number of carbonyl (C=O) groups is 18. The zero-order valence-corrected chi connectivity index (χ0v) is 78.0. The van der Waals surface area contributed by atoms with Gasteiger partial charge in [0.15, 0.2) is 0 Å². The number of nitrogens with zero attached hydrogens (tertiary/aromatic N) is 8. The molecule has 0 aliphatic carbocycles. The van der Waals surface area contributed by atoms with Crippen LogP contribution in [0.3, 0.4) is 0 Å². The van der Waals surface area contributed by atoms with Crippen LogP contribution in [0.4, 0.5) is 22.7 Å². The van der Waals surface area contributed by atoms with Gasteiger partial charge in [-0.3, -0.25) is 121 Å². The Balaban J connectivity index is 0.000000142. The van der Waals surface area contributed by atoms with E-state index in [4.69, 9.17) is 28.5 Å². The molecule has 722 valence electrons. The third-order valence-electron chi connectivity index (χ3n) is 23.6. The van der Waals surface area contributed by atoms with Crippen molar-refractivity contribution in [2.24, 2.45) is 0 Å². The van der Waals surface area contributed by atoms with Crippen LogP contribution in [0.2, 0.25) is 10.0 Å². The summed E-state index contributed by atoms with van der Waals surface area (Å²) in [6.45, 7) is 28.5. The SMILES string of the molecule is C=C1CCC(N2C(=O)C=C(NCc3ccccc3)C2=O)C(=O)N1.C=C1CCC(N2C(=O)C=C(NCc3cccnc3)C2=O)C(=O)N1.C=C1CCC(N2C(=O)C=C(Nc3ccc(C)c(C#N)c3)C2=O)C(=O)N1.C=C1CCC(N2C(=O)C=C(Nc3ccc(C)c(Cl)c3)C2=O)C(=O)N1.C=C1CCC(N2C(=O)C=C(Nc3ccc(Cl)c(C)c3)C2=O)C(=O)N1.C=C1CCC(N2C(=O)C=C(Nc3ccccc3)C2=O)C(=O)N1. The molecule has 0 saturated carbocycles. The first-order valence-electron chi connectivity index (χ1n) is 44.4. The molecule has 141 heavy (non-hydrogen) atoms. The maximum absolute atomic E-state index is 12.6. The molecular formula is C101H96Cl2N20O18. The zero-order valence-electron chi connectivity index (χ0n) is 76.5. The van der Waals surface area contributed by atoms with Crippen molar-refractivity contribution < 1.29 is 86.3 Å². The Kier molecular flexibility index (Phi) is 32.0. The summed E-state index contributed by atoms with van der Waals surface area (Å²) in [5.74, 6) is -8.25. The summed E-state index contributed by atoms with van der Waals surface area (Å²) >= 11 is 12.0. The van der Waals surface area contributed by atoms with Gasteiger partial charge in [-0.15, -0.1) is 0 Å². The van der Waals surface area contributed by atoms with Crippen molar-refractivity contribution in [1.29, 1.82) is 5.26 Å². The molecule has 6 unspecified atom stereocenters. The van der Waals surface area contributed by atoms with E-state index in [0.29, 0.717) is 163 Å². The topological polar surface area (TPSA) is 508 Å². The highest BCUT2D eigenvalue weighted by atomic mass is 35.5. The number of hydrogen-bond acceptors (Lipinski definition) is 26. The number of aromatic nitrogens is 1. The number of rotatable bonds is 20. The van der Waals surface area contributed by atoms with Crippen LogP contribution < -0.4 is 63.8 Å². The lowest BCUT2D eigenvalue weighted by Gasteiger charge is -2.29. The standard InChI is InChI=1S/C18H16N4O3.2C17H16ClN3O3.C17H17N3O3.C16H16N4O3.C16H15N3O3/c1-10-3-5-13(7-12(10)9-19)21-14-8-16(23)22(18(14)25)15-6-4-11(2)20-17(15)24;1-9-7-11(4-5-12(9)18)20-13-8-15(22)21(17(13)24)14-6-3-10(2)19-16(14)23;1-9-3-5-11(7-12(9)18)20-13-8-15(22)21(17(13)24)14-6-4-10(2)19-16(14)23;1-11-7-8-14(16(22)19-11)20-15(21)9-13(17(20)23)18-10-12-5-3-2-4-6-12;1-10-4-5-13(15(22)19-10)20-14(21)7-12(16(20)23)18-9-11-3-2-6-17-8-11;1-10-7-8-13(15(21)17-10)19-14(20)9-12(16(19)22)18-11-5-3-2-4-6-11/h3,5,7-8,15,21H,2,4,6H2,1H3,(H,20,24);4-5,7-8,14,20H,2-3,6H2,1H3,(H,19,23);3,5,7-8,14,20H,2,4,6H2,1H3,(H,19,23);2-6,9,14,18H,1,7-8,10H2,(H,19,22);2-3,6-8,13,18H,1,4-5,9H2,(H,19,22);2-6,9,13,18H,1,7-8H2,(H,17,21). The third kappa shape index (κ3) is 24.2. The second-order valence-electron chi connectivity index (χ2n) is 33.8. The molecule has 5 aromatic carbocycles. The molecule has 0 bridgehead atoms. The number of carbonyl (C=O) groups excluding carboxylic acids is 18. The normalized spacial score (nSPS) is 21.1. The third-order valence-corrected chi connectivity index (χ3v) is 24.5. The van der Waals surface area contributed by atoms with Crippen LogP contribution in [0.1, 0.15) is 110 Å². The highest BCUT2D eigenvalue weighted by Crippen LogP contribution is 2.33. The minimum atomic E-state index is -0.839. The first kappa shape index (κ1) is 101. The monoisotopic (exact) mass is 1950 g/mol. The molecule has 18 amide bonds. The summed E-state index contributed by atoms with van der Waals surface area (Å²) in [6, 6.07) is 35.1. The lowest BCUT2D eigenvalue weighted by atomic mass is 10.0. The van der Waals surface area contributed by atoms with Crippen LogP contribution >= 0.6 is 23.2 Å². The Hall–Kier alpha value is -17.3. The van der Waals surface area contributed by atoms with Crippen molar-refractivity contribution in [3.05, 3.63) is 328 Å². The molecule has 18 rings (SSSR count). The van der Waals surface area contributed by atoms with Gasteiger partial charge in [0, 0.05) is 129 Å². The molecule has 0 spiro atoms. The molecule has 12 N–H and O–H groups in total. The van der Waals surface area contributed by atoms with Crippen molar-refractivity contribution in [3.63, 3.8) is 0 Å². The zero-order chi connectivity index (χ0) is 101. The number of anilines is 4. The molecule has 6 atom stereocenters. The summed E-state index contributed by atoms with van der Waals surface area (Å²) in [4.78, 5) is 230. The highest BCUT2D eigenvalue weighted by Gasteiger charge is 2.48. The van der Waals surface area contributed by atoms with Crippen LogP contribution in [0, 0.1) is 32.1 Å². The van der Waals surface area contributed by atoms with Crippen molar-refractivity contribution in [1.82, 2.24) is 76.9 Å². The van der Waals surface area contributed by atoms with E-state index in [1.54, 1.807) is 79.1 Å². The van der Waals surface area contributed by atoms with Gasteiger partial charge in [-0.05, 0) is 186 Å². The van der Waals surface area contributed by atoms with E-state index < -0.39 is 113 Å². The lowest BCUT2D eigenvalue weighted by Crippen LogP contribution is -2.52. The predicted molar refractivity (Wildman–Crippen MR) is 515 cm³/mol. The lowest BCUT2D eigenvalue weighted by molar-refractivity contribution is -0.147. The number of allylic oxidation sites excluding steroid dienone is 6. The Morgan fingerprint density at radius 1 is 0.326 bits per heavy atom. The average Bonchev–Trinajstić information content (AvgIpc) is 1.67. The van der Waals surface area contributed by atoms with Gasteiger partial charge in [0.1, 0.15) is 70.4 Å². The number of aryl methyl sites for hydroxylation is 3. The van der Waals surface area contributed by atoms with E-state index in [2.05, 4.69) is 114 Å². The molecule has 38 nitrogen and oxygen atoms in total. The fourth-order valence-corrected chi connectivity index (χ4v) is 16.5. The van der Waals surface area contributed by atoms with Crippen LogP contribution in [0.5, 0.6) is 0 Å². The van der Waals surface area contributed by atoms with Crippen LogP contribution in [0.15, 0.2) is 284 Å². The number of imide groups is 6. The number of benzene rings is 5. The van der Waals surface area contributed by atoms with Crippen LogP contribution in [0.25, 0.3) is 0 Å². The van der Waals surface area contributed by atoms with Crippen molar-refractivity contribution >= 4 is 152 Å². The van der Waals surface area contributed by atoms with Crippen molar-refractivity contribution in [2.75, 3.05) is 21.3 Å². The molecular weight excluding hydrogens is 1850 g/mol. The van der Waals surface area contributed by atoms with Gasteiger partial charge in [0.25, 0.3) is 70.9 Å². The number of para-hydroxylation sites is 1. The number of hydrogen-bond donors (Lipinski definition) is 12. The van der Waals surface area contributed by atoms with Gasteiger partial charge in [-0.25, -0.2) is 0 Å². The van der Waals surface area contributed by atoms with E-state index in [1.165, 1.54) is 36.5 Å². The number of halogens is 2. The molecule has 6 aromatic rings. The van der Waals surface area contributed by atoms with E-state index in [0.717, 1.165) is 57.2 Å². The van der Waals surface area contributed by atoms with Crippen molar-refractivity contribution in [2.45, 2.75) is 147 Å². The van der Waals surface area contributed by atoms with Crippen LogP contribution in [-0.4, -0.2) is 177 Å². The van der Waals surface area contributed by atoms with Gasteiger partial charge in [0.05, 0.1) is 11.6 Å². The summed E-state index contributed by atoms with van der Waals surface area (Å²) in [5, 5.41) is 43.3. The number of piperidine rings is 6. The van der Waals surface area contributed by atoms with Gasteiger partial charge < -0.3 is 63.8 Å². The molecule has 12 aliphatic heterocycles. The van der Waals surface area contributed by atoms with Crippen molar-refractivity contribution in [3.8, 4) is 6.07 Å². The Morgan fingerprint density at radius 3 is 0.922 bits per heavy atom. The Bertz CT molecular complexity index is 6360. The maximum atomic E-state index is 12.6. The van der Waals surface area contributed by atoms with E-state index in [1.807, 2.05) is 81.4 Å². The summed E-state index contributed by atoms with van der Waals surface area (Å²) in [6.07, 6.45) is 16.2. The molecule has 0 radical (unpaired) electrons. The number of pyridine rings is 1. The number of nitrogens with one attached hydrogen (secondary N) is 12. The quantitative estimate of drug-likeness (QED) is 0.0325. The van der Waals surface area contributed by atoms with E-state index in [-0.39, 0.29) is 63.7 Å². The van der Waals surface area contributed by atoms with E-state index in [9.17, 15) is 86.3 Å². The fraction of sp³-hybridized carbons (Fsp3) is 0.228. The first-order valence-corrected chi connectivity index (χ1v) is 45.1. The maximum Gasteiger partial charge on any atom is 0.278 e. The van der Waals surface area contributed by atoms with Gasteiger partial charge >= 0.3 is 0 Å². The molecule has 40 heteroatoms. The summed E-state index contributed by atoms with van der Waals surface area (Å²) in [5.41, 5.74) is 11.9. The minimum Gasteiger partial charge on any atom is -0.376 e. The average molecular weight is 1950 g/mol. The highest BCUT2D eigenvalue weighted by molar-refractivity contribution is 6.32. The number of nitriles is 1. The van der Waals surface area contributed by atoms with Gasteiger partial charge in [0.2, 0.25) is 35.4 Å². The largest absolute Gasteiger partial charge is 0.376 e. The fourth-order valence-electron chi connectivity index (χ4n) is 16.2. The van der Waals surface area contributed by atoms with Gasteiger partial charge in [-0.2, -0.15) is 5.26 Å². The second-order valence-corrected chi connectivity index (χ2v) is 34.6. The van der Waals surface area contributed by atoms with E-state index >= 15 is 0 Å². The second kappa shape index (κ2) is 44.6. The molecule has 6 fully saturated rings. The molecule has 6 saturated heterocycles. The predicted octanol–water partition coefficient (Wildman–Crippen LogP) is 7.72. The Morgan fingerprint density at radius 2 is 0.610 bits per heavy atom.